The fourth-order valence-electron chi connectivity index (χ4n) is 2.41. The summed E-state index contributed by atoms with van der Waals surface area (Å²) >= 11 is 3.62. The molecule has 1 atom stereocenters. The van der Waals surface area contributed by atoms with Crippen LogP contribution in [0.15, 0.2) is 28.7 Å². The summed E-state index contributed by atoms with van der Waals surface area (Å²) in [6, 6.07) is 9.35. The lowest BCUT2D eigenvalue weighted by Crippen LogP contribution is -2.28. The fourth-order valence-corrected chi connectivity index (χ4v) is 2.82. The Bertz CT molecular complexity index is 324. The third-order valence-corrected chi connectivity index (χ3v) is 4.08. The van der Waals surface area contributed by atoms with Gasteiger partial charge < -0.3 is 0 Å². The molecule has 0 spiro atoms. The molecule has 82 valence electrons. The van der Waals surface area contributed by atoms with E-state index in [1.165, 1.54) is 35.8 Å². The lowest BCUT2D eigenvalue weighted by atomic mass is 10.1. The van der Waals surface area contributed by atoms with Gasteiger partial charge in [0.2, 0.25) is 0 Å². The second kappa shape index (κ2) is 5.13. The molecule has 1 aliphatic rings. The average Bonchev–Trinajstić information content (AvgIpc) is 2.69. The summed E-state index contributed by atoms with van der Waals surface area (Å²) < 4.78 is 1.24. The number of hydrogen-bond acceptors (Lipinski definition) is 1. The Balaban J connectivity index is 2.05. The number of rotatable bonds is 3. The molecule has 2 heteroatoms. The molecular formula is C13H18BrN. The normalized spacial score (nSPS) is 22.1. The molecule has 1 aliphatic heterocycles. The minimum Gasteiger partial charge on any atom is -0.296 e. The van der Waals surface area contributed by atoms with Crippen molar-refractivity contribution in [1.29, 1.82) is 0 Å². The van der Waals surface area contributed by atoms with Gasteiger partial charge in [-0.05, 0) is 37.4 Å². The SMILES string of the molecule is CCC1CCCN1Cc1ccccc1Br. The standard InChI is InChI=1S/C13H18BrN/c1-2-12-7-5-9-15(12)10-11-6-3-4-8-13(11)14/h3-4,6,8,12H,2,5,7,9-10H2,1H3. The highest BCUT2D eigenvalue weighted by Gasteiger charge is 2.22. The van der Waals surface area contributed by atoms with Gasteiger partial charge >= 0.3 is 0 Å². The molecule has 2 rings (SSSR count). The third-order valence-electron chi connectivity index (χ3n) is 3.30. The Morgan fingerprint density at radius 1 is 1.40 bits per heavy atom. The van der Waals surface area contributed by atoms with Crippen LogP contribution in [0, 0.1) is 0 Å². The Morgan fingerprint density at radius 2 is 2.20 bits per heavy atom. The maximum atomic E-state index is 3.62. The van der Waals surface area contributed by atoms with Gasteiger partial charge in [0.25, 0.3) is 0 Å². The van der Waals surface area contributed by atoms with E-state index in [9.17, 15) is 0 Å². The molecule has 0 bridgehead atoms. The zero-order valence-corrected chi connectivity index (χ0v) is 10.8. The highest BCUT2D eigenvalue weighted by atomic mass is 79.9. The molecule has 1 saturated heterocycles. The molecule has 1 aromatic rings. The highest BCUT2D eigenvalue weighted by molar-refractivity contribution is 9.10. The molecule has 1 fully saturated rings. The summed E-state index contributed by atoms with van der Waals surface area (Å²) in [4.78, 5) is 2.61. The van der Waals surface area contributed by atoms with Gasteiger partial charge in [0, 0.05) is 17.1 Å². The Kier molecular flexibility index (Phi) is 3.81. The van der Waals surface area contributed by atoms with Gasteiger partial charge in [0.1, 0.15) is 0 Å². The molecule has 0 aromatic heterocycles. The summed E-state index contributed by atoms with van der Waals surface area (Å²) in [5, 5.41) is 0. The van der Waals surface area contributed by atoms with Crippen LogP contribution >= 0.6 is 15.9 Å². The molecule has 0 amide bonds. The quantitative estimate of drug-likeness (QED) is 0.805. The van der Waals surface area contributed by atoms with Crippen LogP contribution in [0.3, 0.4) is 0 Å². The predicted octanol–water partition coefficient (Wildman–Crippen LogP) is 3.82. The number of benzene rings is 1. The zero-order chi connectivity index (χ0) is 10.7. The minimum atomic E-state index is 0.803. The van der Waals surface area contributed by atoms with Crippen molar-refractivity contribution in [3.05, 3.63) is 34.3 Å². The van der Waals surface area contributed by atoms with Gasteiger partial charge in [-0.15, -0.1) is 0 Å². The first kappa shape index (κ1) is 11.2. The van der Waals surface area contributed by atoms with E-state index in [1.54, 1.807) is 0 Å². The van der Waals surface area contributed by atoms with E-state index in [0.29, 0.717) is 0 Å². The summed E-state index contributed by atoms with van der Waals surface area (Å²) in [6.45, 7) is 4.66. The highest BCUT2D eigenvalue weighted by Crippen LogP contribution is 2.25. The first-order chi connectivity index (χ1) is 7.31. The van der Waals surface area contributed by atoms with Crippen LogP contribution in [0.4, 0.5) is 0 Å². The van der Waals surface area contributed by atoms with Gasteiger partial charge in [0.15, 0.2) is 0 Å². The Hall–Kier alpha value is -0.340. The predicted molar refractivity (Wildman–Crippen MR) is 67.9 cm³/mol. The molecular weight excluding hydrogens is 250 g/mol. The number of hydrogen-bond donors (Lipinski definition) is 0. The summed E-state index contributed by atoms with van der Waals surface area (Å²) in [5.41, 5.74) is 1.41. The zero-order valence-electron chi connectivity index (χ0n) is 9.25. The molecule has 1 nitrogen and oxygen atoms in total. The van der Waals surface area contributed by atoms with Crippen LogP contribution in [0.2, 0.25) is 0 Å². The Labute approximate surface area is 101 Å². The molecule has 0 saturated carbocycles. The van der Waals surface area contributed by atoms with E-state index >= 15 is 0 Å². The van der Waals surface area contributed by atoms with Crippen LogP contribution < -0.4 is 0 Å². The van der Waals surface area contributed by atoms with Gasteiger partial charge in [-0.2, -0.15) is 0 Å². The molecule has 1 unspecified atom stereocenters. The van der Waals surface area contributed by atoms with Gasteiger partial charge in [-0.3, -0.25) is 4.90 Å². The molecule has 1 heterocycles. The topological polar surface area (TPSA) is 3.24 Å². The van der Waals surface area contributed by atoms with Gasteiger partial charge in [-0.25, -0.2) is 0 Å². The third kappa shape index (κ3) is 2.61. The molecule has 0 N–H and O–H groups in total. The molecule has 1 aromatic carbocycles. The van der Waals surface area contributed by atoms with Crippen LogP contribution in [-0.2, 0) is 6.54 Å². The number of halogens is 1. The lowest BCUT2D eigenvalue weighted by molar-refractivity contribution is 0.239. The first-order valence-corrected chi connectivity index (χ1v) is 6.58. The van der Waals surface area contributed by atoms with Crippen molar-refractivity contribution in [2.75, 3.05) is 6.54 Å². The van der Waals surface area contributed by atoms with E-state index < -0.39 is 0 Å². The summed E-state index contributed by atoms with van der Waals surface area (Å²) in [5.74, 6) is 0. The van der Waals surface area contributed by atoms with E-state index in [2.05, 4.69) is 52.0 Å². The number of nitrogens with zero attached hydrogens (tertiary/aromatic N) is 1. The van der Waals surface area contributed by atoms with E-state index in [4.69, 9.17) is 0 Å². The molecule has 0 aliphatic carbocycles. The maximum Gasteiger partial charge on any atom is 0.0247 e. The van der Waals surface area contributed by atoms with Crippen molar-refractivity contribution in [2.45, 2.75) is 38.8 Å². The largest absolute Gasteiger partial charge is 0.296 e. The maximum absolute atomic E-state index is 3.62. The fraction of sp³-hybridized carbons (Fsp3) is 0.538. The van der Waals surface area contributed by atoms with Gasteiger partial charge in [-0.1, -0.05) is 41.1 Å². The van der Waals surface area contributed by atoms with Crippen LogP contribution in [-0.4, -0.2) is 17.5 Å². The van der Waals surface area contributed by atoms with Crippen molar-refractivity contribution in [3.8, 4) is 0 Å². The smallest absolute Gasteiger partial charge is 0.0247 e. The lowest BCUT2D eigenvalue weighted by Gasteiger charge is -2.23. The summed E-state index contributed by atoms with van der Waals surface area (Å²) in [6.07, 6.45) is 4.02. The minimum absolute atomic E-state index is 0.803. The summed E-state index contributed by atoms with van der Waals surface area (Å²) in [7, 11) is 0. The molecule has 0 radical (unpaired) electrons. The average molecular weight is 268 g/mol. The monoisotopic (exact) mass is 267 g/mol. The van der Waals surface area contributed by atoms with Crippen LogP contribution in [0.5, 0.6) is 0 Å². The van der Waals surface area contributed by atoms with Crippen LogP contribution in [0.25, 0.3) is 0 Å². The van der Waals surface area contributed by atoms with Crippen LogP contribution in [0.1, 0.15) is 31.7 Å². The molecule has 15 heavy (non-hydrogen) atoms. The van der Waals surface area contributed by atoms with Crippen molar-refractivity contribution in [2.24, 2.45) is 0 Å². The van der Waals surface area contributed by atoms with Crippen molar-refractivity contribution in [3.63, 3.8) is 0 Å². The Morgan fingerprint density at radius 3 is 2.93 bits per heavy atom. The van der Waals surface area contributed by atoms with E-state index in [-0.39, 0.29) is 0 Å². The van der Waals surface area contributed by atoms with Crippen molar-refractivity contribution < 1.29 is 0 Å². The van der Waals surface area contributed by atoms with Crippen molar-refractivity contribution in [1.82, 2.24) is 4.90 Å². The van der Waals surface area contributed by atoms with Crippen molar-refractivity contribution >= 4 is 15.9 Å². The van der Waals surface area contributed by atoms with Gasteiger partial charge in [0.05, 0.1) is 0 Å². The first-order valence-electron chi connectivity index (χ1n) is 5.78. The second-order valence-corrected chi connectivity index (χ2v) is 5.12. The van der Waals surface area contributed by atoms with E-state index in [1.807, 2.05) is 0 Å². The van der Waals surface area contributed by atoms with E-state index in [0.717, 1.165) is 12.6 Å². The second-order valence-electron chi connectivity index (χ2n) is 4.27. The number of likely N-dealkylation sites (tertiary alicyclic amines) is 1.